The van der Waals surface area contributed by atoms with Gasteiger partial charge in [-0.15, -0.1) is 0 Å². The van der Waals surface area contributed by atoms with Crippen molar-refractivity contribution in [2.75, 3.05) is 13.7 Å². The first kappa shape index (κ1) is 14.9. The summed E-state index contributed by atoms with van der Waals surface area (Å²) in [4.78, 5) is 19.7. The molecule has 1 amide bonds. The molecule has 0 aliphatic carbocycles. The van der Waals surface area contributed by atoms with E-state index in [2.05, 4.69) is 11.9 Å². The molecule has 3 rings (SSSR count). The minimum absolute atomic E-state index is 0.0878. The van der Waals surface area contributed by atoms with Crippen LogP contribution in [-0.2, 0) is 0 Å². The number of piperidine rings is 1. The molecule has 2 aromatic rings. The summed E-state index contributed by atoms with van der Waals surface area (Å²) in [6.45, 7) is 4.89. The largest absolute Gasteiger partial charge is 0.493 e. The third-order valence-corrected chi connectivity index (χ3v) is 4.57. The summed E-state index contributed by atoms with van der Waals surface area (Å²) in [5, 5.41) is 0. The van der Waals surface area contributed by atoms with Crippen molar-refractivity contribution in [3.63, 3.8) is 0 Å². The topological polar surface area (TPSA) is 46.8 Å². The molecule has 0 aromatic carbocycles. The molecule has 0 radical (unpaired) electrons. The number of carbonyl (C=O) groups excluding carboxylic acids is 1. The Bertz CT molecular complexity index is 693. The number of carbonyl (C=O) groups is 1. The van der Waals surface area contributed by atoms with E-state index in [9.17, 15) is 4.79 Å². The molecule has 118 valence electrons. The van der Waals surface area contributed by atoms with Crippen LogP contribution in [0.5, 0.6) is 5.75 Å². The lowest BCUT2D eigenvalue weighted by Crippen LogP contribution is -2.44. The summed E-state index contributed by atoms with van der Waals surface area (Å²) in [5.74, 6) is 0.778. The van der Waals surface area contributed by atoms with Gasteiger partial charge in [0, 0.05) is 18.8 Å². The van der Waals surface area contributed by atoms with E-state index < -0.39 is 0 Å². The second-order valence-electron chi connectivity index (χ2n) is 5.87. The van der Waals surface area contributed by atoms with Gasteiger partial charge in [0.15, 0.2) is 11.4 Å². The molecule has 22 heavy (non-hydrogen) atoms. The van der Waals surface area contributed by atoms with Crippen LogP contribution < -0.4 is 4.74 Å². The maximum Gasteiger partial charge on any atom is 0.273 e. The molecule has 3 heterocycles. The Morgan fingerprint density at radius 1 is 1.45 bits per heavy atom. The van der Waals surface area contributed by atoms with E-state index in [0.29, 0.717) is 23.1 Å². The first-order valence-electron chi connectivity index (χ1n) is 8.00. The van der Waals surface area contributed by atoms with Gasteiger partial charge >= 0.3 is 0 Å². The van der Waals surface area contributed by atoms with E-state index in [-0.39, 0.29) is 5.91 Å². The number of hydrogen-bond donors (Lipinski definition) is 0. The van der Waals surface area contributed by atoms with E-state index in [1.807, 2.05) is 34.6 Å². The SMILES string of the molecule is CCC1CCCCN1C(=O)c1c(C)nc2c(OC)cccn12. The third kappa shape index (κ3) is 2.34. The van der Waals surface area contributed by atoms with Crippen LogP contribution in [0.2, 0.25) is 0 Å². The zero-order valence-corrected chi connectivity index (χ0v) is 13.5. The van der Waals surface area contributed by atoms with E-state index in [4.69, 9.17) is 4.74 Å². The Kier molecular flexibility index (Phi) is 4.05. The number of rotatable bonds is 3. The summed E-state index contributed by atoms with van der Waals surface area (Å²) >= 11 is 0. The van der Waals surface area contributed by atoms with Crippen molar-refractivity contribution in [2.45, 2.75) is 45.6 Å². The van der Waals surface area contributed by atoms with Gasteiger partial charge in [-0.1, -0.05) is 6.92 Å². The van der Waals surface area contributed by atoms with Gasteiger partial charge in [0.1, 0.15) is 5.69 Å². The molecule has 0 N–H and O–H groups in total. The standard InChI is InChI=1S/C17H23N3O2/c1-4-13-8-5-6-10-19(13)17(21)15-12(2)18-16-14(22-3)9-7-11-20(15)16/h7,9,11,13H,4-6,8,10H2,1-3H3. The predicted molar refractivity (Wildman–Crippen MR) is 85.4 cm³/mol. The van der Waals surface area contributed by atoms with Gasteiger partial charge in [-0.3, -0.25) is 9.20 Å². The first-order chi connectivity index (χ1) is 10.7. The molecule has 1 fully saturated rings. The Labute approximate surface area is 130 Å². The molecule has 1 atom stereocenters. The fourth-order valence-electron chi connectivity index (χ4n) is 3.40. The lowest BCUT2D eigenvalue weighted by molar-refractivity contribution is 0.0600. The molecule has 1 aliphatic rings. The number of imidazole rings is 1. The fraction of sp³-hybridized carbons (Fsp3) is 0.529. The van der Waals surface area contributed by atoms with Crippen LogP contribution in [0.3, 0.4) is 0 Å². The van der Waals surface area contributed by atoms with E-state index in [1.54, 1.807) is 7.11 Å². The number of methoxy groups -OCH3 is 1. The summed E-state index contributed by atoms with van der Waals surface area (Å²) in [5.41, 5.74) is 2.13. The Hall–Kier alpha value is -2.04. The number of aryl methyl sites for hydroxylation is 1. The lowest BCUT2D eigenvalue weighted by atomic mass is 9.99. The second-order valence-corrected chi connectivity index (χ2v) is 5.87. The maximum absolute atomic E-state index is 13.1. The molecule has 5 nitrogen and oxygen atoms in total. The molecule has 0 saturated carbocycles. The number of fused-ring (bicyclic) bond motifs is 1. The van der Waals surface area contributed by atoms with Crippen molar-refractivity contribution < 1.29 is 9.53 Å². The lowest BCUT2D eigenvalue weighted by Gasteiger charge is -2.35. The van der Waals surface area contributed by atoms with E-state index in [1.165, 1.54) is 6.42 Å². The number of likely N-dealkylation sites (tertiary alicyclic amines) is 1. The zero-order chi connectivity index (χ0) is 15.7. The molecular weight excluding hydrogens is 278 g/mol. The smallest absolute Gasteiger partial charge is 0.273 e. The van der Waals surface area contributed by atoms with Crippen molar-refractivity contribution in [3.05, 3.63) is 29.7 Å². The van der Waals surface area contributed by atoms with Crippen molar-refractivity contribution in [1.82, 2.24) is 14.3 Å². The average molecular weight is 301 g/mol. The molecular formula is C17H23N3O2. The Balaban J connectivity index is 2.05. The number of hydrogen-bond acceptors (Lipinski definition) is 3. The number of ether oxygens (including phenoxy) is 1. The normalized spacial score (nSPS) is 18.7. The molecule has 2 aromatic heterocycles. The Morgan fingerprint density at radius 2 is 2.27 bits per heavy atom. The minimum Gasteiger partial charge on any atom is -0.493 e. The van der Waals surface area contributed by atoms with Crippen molar-refractivity contribution in [2.24, 2.45) is 0 Å². The molecule has 0 spiro atoms. The van der Waals surface area contributed by atoms with Crippen molar-refractivity contribution in [3.8, 4) is 5.75 Å². The van der Waals surface area contributed by atoms with Gasteiger partial charge in [0.2, 0.25) is 0 Å². The summed E-state index contributed by atoms with van der Waals surface area (Å²) in [6.07, 6.45) is 6.28. The van der Waals surface area contributed by atoms with Gasteiger partial charge in [-0.25, -0.2) is 4.98 Å². The zero-order valence-electron chi connectivity index (χ0n) is 13.5. The number of nitrogens with zero attached hydrogens (tertiary/aromatic N) is 3. The number of amides is 1. The summed E-state index contributed by atoms with van der Waals surface area (Å²) in [7, 11) is 1.62. The maximum atomic E-state index is 13.1. The number of pyridine rings is 1. The molecule has 0 bridgehead atoms. The van der Waals surface area contributed by atoms with Crippen LogP contribution in [-0.4, -0.2) is 39.9 Å². The molecule has 1 aliphatic heterocycles. The van der Waals surface area contributed by atoms with Crippen LogP contribution in [0.25, 0.3) is 5.65 Å². The molecule has 1 unspecified atom stereocenters. The van der Waals surface area contributed by atoms with Gasteiger partial charge in [0.25, 0.3) is 5.91 Å². The van der Waals surface area contributed by atoms with E-state index >= 15 is 0 Å². The van der Waals surface area contributed by atoms with Crippen LogP contribution >= 0.6 is 0 Å². The highest BCUT2D eigenvalue weighted by atomic mass is 16.5. The highest BCUT2D eigenvalue weighted by molar-refractivity contribution is 5.95. The van der Waals surface area contributed by atoms with Crippen LogP contribution in [0.4, 0.5) is 0 Å². The van der Waals surface area contributed by atoms with Gasteiger partial charge < -0.3 is 9.64 Å². The molecule has 1 saturated heterocycles. The summed E-state index contributed by atoms with van der Waals surface area (Å²) in [6, 6.07) is 4.10. The van der Waals surface area contributed by atoms with Gasteiger partial charge in [-0.05, 0) is 44.7 Å². The first-order valence-corrected chi connectivity index (χ1v) is 8.00. The fourth-order valence-corrected chi connectivity index (χ4v) is 3.40. The van der Waals surface area contributed by atoms with Crippen molar-refractivity contribution >= 4 is 11.6 Å². The highest BCUT2D eigenvalue weighted by Gasteiger charge is 2.29. The second kappa shape index (κ2) is 5.99. The summed E-state index contributed by atoms with van der Waals surface area (Å²) < 4.78 is 7.21. The molecule has 5 heteroatoms. The minimum atomic E-state index is 0.0878. The monoisotopic (exact) mass is 301 g/mol. The quantitative estimate of drug-likeness (QED) is 0.875. The van der Waals surface area contributed by atoms with Crippen LogP contribution in [0, 0.1) is 6.92 Å². The number of aromatic nitrogens is 2. The van der Waals surface area contributed by atoms with E-state index in [0.717, 1.165) is 31.5 Å². The highest BCUT2D eigenvalue weighted by Crippen LogP contribution is 2.26. The third-order valence-electron chi connectivity index (χ3n) is 4.57. The van der Waals surface area contributed by atoms with Gasteiger partial charge in [0.05, 0.1) is 12.8 Å². The average Bonchev–Trinajstić information content (AvgIpc) is 2.89. The Morgan fingerprint density at radius 3 is 3.00 bits per heavy atom. The van der Waals surface area contributed by atoms with Crippen molar-refractivity contribution in [1.29, 1.82) is 0 Å². The van der Waals surface area contributed by atoms with Crippen LogP contribution in [0.1, 0.15) is 48.8 Å². The van der Waals surface area contributed by atoms with Crippen LogP contribution in [0.15, 0.2) is 18.3 Å². The predicted octanol–water partition coefficient (Wildman–Crippen LogP) is 3.06. The van der Waals surface area contributed by atoms with Gasteiger partial charge in [-0.2, -0.15) is 0 Å².